The Morgan fingerprint density at radius 3 is 2.92 bits per heavy atom. The van der Waals surface area contributed by atoms with E-state index in [9.17, 15) is 4.79 Å². The highest BCUT2D eigenvalue weighted by Crippen LogP contribution is 2.03. The topological polar surface area (TPSA) is 56.0 Å². The lowest BCUT2D eigenvalue weighted by atomic mass is 10.3. The summed E-state index contributed by atoms with van der Waals surface area (Å²) >= 11 is 5.57. The van der Waals surface area contributed by atoms with E-state index in [1.165, 1.54) is 0 Å². The summed E-state index contributed by atoms with van der Waals surface area (Å²) in [6.07, 6.45) is 0. The molecule has 0 saturated heterocycles. The zero-order chi connectivity index (χ0) is 8.97. The summed E-state index contributed by atoms with van der Waals surface area (Å²) in [4.78, 5) is 14.1. The van der Waals surface area contributed by atoms with Crippen LogP contribution in [0.5, 0.6) is 0 Å². The summed E-state index contributed by atoms with van der Waals surface area (Å²) in [6, 6.07) is 4.96. The maximum absolute atomic E-state index is 10.2. The van der Waals surface area contributed by atoms with E-state index in [1.807, 2.05) is 0 Å². The van der Waals surface area contributed by atoms with E-state index in [-0.39, 0.29) is 0 Å². The summed E-state index contributed by atoms with van der Waals surface area (Å²) in [6.45, 7) is 0. The molecule has 2 N–H and O–H groups in total. The first-order valence-corrected chi connectivity index (χ1v) is 3.50. The third-order valence-electron chi connectivity index (χ3n) is 1.03. The lowest BCUT2D eigenvalue weighted by molar-refractivity contribution is -0.112. The van der Waals surface area contributed by atoms with Crippen LogP contribution in [-0.4, -0.2) is 10.9 Å². The van der Waals surface area contributed by atoms with Gasteiger partial charge >= 0.3 is 0 Å². The smallest absolute Gasteiger partial charge is 0.293 e. The number of carbonyl (C=O) groups is 1. The molecule has 1 heterocycles. The molecular weight excluding hydrogens is 176 g/mol. The van der Waals surface area contributed by atoms with Gasteiger partial charge in [-0.1, -0.05) is 17.7 Å². The number of nitrogens with two attached hydrogens (primary N) is 1. The average Bonchev–Trinajstić information content (AvgIpc) is 2.01. The van der Waals surface area contributed by atoms with Gasteiger partial charge in [0.2, 0.25) is 0 Å². The minimum atomic E-state index is -0.684. The van der Waals surface area contributed by atoms with Gasteiger partial charge in [0.15, 0.2) is 0 Å². The summed E-state index contributed by atoms with van der Waals surface area (Å²) < 4.78 is 0. The molecule has 1 aromatic heterocycles. The molecule has 0 spiro atoms. The first kappa shape index (κ1) is 8.57. The van der Waals surface area contributed by atoms with E-state index in [0.717, 1.165) is 0 Å². The van der Waals surface area contributed by atoms with Gasteiger partial charge in [0, 0.05) is 5.92 Å². The first-order chi connectivity index (χ1) is 5.68. The molecule has 0 radical (unpaired) electrons. The second kappa shape index (κ2) is 3.74. The van der Waals surface area contributed by atoms with Crippen molar-refractivity contribution in [2.24, 2.45) is 5.73 Å². The van der Waals surface area contributed by atoms with Crippen molar-refractivity contribution in [2.45, 2.75) is 0 Å². The van der Waals surface area contributed by atoms with E-state index in [4.69, 9.17) is 17.3 Å². The molecule has 1 amide bonds. The van der Waals surface area contributed by atoms with Crippen LogP contribution >= 0.6 is 11.6 Å². The van der Waals surface area contributed by atoms with Crippen LogP contribution in [0.4, 0.5) is 0 Å². The van der Waals surface area contributed by atoms with E-state index in [1.54, 1.807) is 18.2 Å². The fraction of sp³-hybridized carbons (Fsp3) is 0. The number of halogens is 1. The third-order valence-corrected chi connectivity index (χ3v) is 1.24. The molecule has 0 aliphatic rings. The van der Waals surface area contributed by atoms with Gasteiger partial charge < -0.3 is 5.73 Å². The largest absolute Gasteiger partial charge is 0.359 e. The van der Waals surface area contributed by atoms with Crippen LogP contribution in [0.1, 0.15) is 5.69 Å². The molecule has 3 nitrogen and oxygen atoms in total. The summed E-state index contributed by atoms with van der Waals surface area (Å²) in [5.41, 5.74) is 5.24. The monoisotopic (exact) mass is 180 g/mol. The van der Waals surface area contributed by atoms with E-state index in [2.05, 4.69) is 16.8 Å². The second-order valence-electron chi connectivity index (χ2n) is 1.96. The molecule has 0 aliphatic carbocycles. The predicted molar refractivity (Wildman–Crippen MR) is 45.3 cm³/mol. The van der Waals surface area contributed by atoms with Gasteiger partial charge in [0.1, 0.15) is 10.8 Å². The molecular formula is C8H5ClN2O. The maximum Gasteiger partial charge on any atom is 0.293 e. The van der Waals surface area contributed by atoms with Crippen LogP contribution in [0.3, 0.4) is 0 Å². The molecule has 0 saturated carbocycles. The Morgan fingerprint density at radius 2 is 2.33 bits per heavy atom. The van der Waals surface area contributed by atoms with Crippen LogP contribution in [0.15, 0.2) is 18.2 Å². The minimum Gasteiger partial charge on any atom is -0.359 e. The van der Waals surface area contributed by atoms with Crippen LogP contribution in [-0.2, 0) is 4.79 Å². The molecule has 0 fully saturated rings. The fourth-order valence-electron chi connectivity index (χ4n) is 0.604. The molecule has 1 aromatic rings. The first-order valence-electron chi connectivity index (χ1n) is 3.12. The van der Waals surface area contributed by atoms with Gasteiger partial charge in [-0.2, -0.15) is 0 Å². The summed E-state index contributed by atoms with van der Waals surface area (Å²) in [5.74, 6) is 3.94. The standard InChI is InChI=1S/C8H5ClN2O/c9-7-3-1-2-6(11-7)4-5-8(10)12/h1-3H,(H2,10,12). The number of nitrogens with zero attached hydrogens (tertiary/aromatic N) is 1. The number of primary amides is 1. The Kier molecular flexibility index (Phi) is 2.67. The molecule has 4 heteroatoms. The number of hydrogen-bond donors (Lipinski definition) is 1. The van der Waals surface area contributed by atoms with Crippen molar-refractivity contribution in [1.82, 2.24) is 4.98 Å². The van der Waals surface area contributed by atoms with Crippen molar-refractivity contribution in [2.75, 3.05) is 0 Å². The lowest BCUT2D eigenvalue weighted by Gasteiger charge is -1.88. The zero-order valence-electron chi connectivity index (χ0n) is 6.04. The number of carbonyl (C=O) groups excluding carboxylic acids is 1. The number of rotatable bonds is 0. The Hall–Kier alpha value is -1.53. The maximum atomic E-state index is 10.2. The van der Waals surface area contributed by atoms with Crippen LogP contribution in [0.25, 0.3) is 0 Å². The normalized spacial score (nSPS) is 8.42. The predicted octanol–water partition coefficient (Wildman–Crippen LogP) is 0.572. The van der Waals surface area contributed by atoms with E-state index < -0.39 is 5.91 Å². The van der Waals surface area contributed by atoms with Gasteiger partial charge in [-0.25, -0.2) is 4.98 Å². The van der Waals surface area contributed by atoms with Crippen molar-refractivity contribution in [3.63, 3.8) is 0 Å². The molecule has 1 rings (SSSR count). The van der Waals surface area contributed by atoms with Gasteiger partial charge in [0.05, 0.1) is 0 Å². The molecule has 60 valence electrons. The quantitative estimate of drug-likeness (QED) is 0.469. The number of amides is 1. The third kappa shape index (κ3) is 2.60. The number of aromatic nitrogens is 1. The summed E-state index contributed by atoms with van der Waals surface area (Å²) in [5, 5.41) is 0.339. The van der Waals surface area contributed by atoms with Crippen molar-refractivity contribution in [3.05, 3.63) is 29.0 Å². The number of pyridine rings is 1. The van der Waals surface area contributed by atoms with Gasteiger partial charge in [0.25, 0.3) is 5.91 Å². The van der Waals surface area contributed by atoms with E-state index in [0.29, 0.717) is 10.8 Å². The SMILES string of the molecule is NC(=O)C#Cc1cccc(Cl)n1. The van der Waals surface area contributed by atoms with Crippen LogP contribution in [0.2, 0.25) is 5.15 Å². The van der Waals surface area contributed by atoms with E-state index >= 15 is 0 Å². The Labute approximate surface area is 74.5 Å². The van der Waals surface area contributed by atoms with Crippen molar-refractivity contribution in [3.8, 4) is 11.8 Å². The molecule has 0 bridgehead atoms. The van der Waals surface area contributed by atoms with Crippen LogP contribution in [0, 0.1) is 11.8 Å². The Bertz CT molecular complexity index is 365. The molecule has 0 atom stereocenters. The minimum absolute atomic E-state index is 0.339. The Balaban J connectivity index is 2.92. The lowest BCUT2D eigenvalue weighted by Crippen LogP contribution is -2.06. The van der Waals surface area contributed by atoms with Crippen molar-refractivity contribution >= 4 is 17.5 Å². The fourth-order valence-corrected chi connectivity index (χ4v) is 0.767. The molecule has 12 heavy (non-hydrogen) atoms. The Morgan fingerprint density at radius 1 is 1.58 bits per heavy atom. The molecule has 0 aliphatic heterocycles. The highest BCUT2D eigenvalue weighted by atomic mass is 35.5. The number of hydrogen-bond acceptors (Lipinski definition) is 2. The highest BCUT2D eigenvalue weighted by molar-refractivity contribution is 6.29. The van der Waals surface area contributed by atoms with Crippen molar-refractivity contribution in [1.29, 1.82) is 0 Å². The zero-order valence-corrected chi connectivity index (χ0v) is 6.80. The van der Waals surface area contributed by atoms with Gasteiger partial charge in [-0.3, -0.25) is 4.79 Å². The van der Waals surface area contributed by atoms with Gasteiger partial charge in [-0.05, 0) is 18.1 Å². The molecule has 0 aromatic carbocycles. The summed E-state index contributed by atoms with van der Waals surface area (Å²) in [7, 11) is 0. The average molecular weight is 181 g/mol. The second-order valence-corrected chi connectivity index (χ2v) is 2.35. The van der Waals surface area contributed by atoms with Crippen LogP contribution < -0.4 is 5.73 Å². The van der Waals surface area contributed by atoms with Gasteiger partial charge in [-0.15, -0.1) is 0 Å². The van der Waals surface area contributed by atoms with Crippen molar-refractivity contribution < 1.29 is 4.79 Å². The highest BCUT2D eigenvalue weighted by Gasteiger charge is 1.90. The molecule has 0 unspecified atom stereocenters.